The molecule has 0 unspecified atom stereocenters. The zero-order valence-electron chi connectivity index (χ0n) is 21.0. The fourth-order valence-corrected chi connectivity index (χ4v) is 5.03. The fourth-order valence-electron chi connectivity index (χ4n) is 4.04. The molecule has 0 radical (unpaired) electrons. The molecule has 6 heteroatoms. The number of carbonyl (C=O) groups excluding carboxylic acids is 1. The Morgan fingerprint density at radius 2 is 1.35 bits per heavy atom. The van der Waals surface area contributed by atoms with E-state index in [1.54, 1.807) is 12.0 Å². The summed E-state index contributed by atoms with van der Waals surface area (Å²) >= 11 is 7.27. The van der Waals surface area contributed by atoms with Gasteiger partial charge in [-0.2, -0.15) is 0 Å². The third kappa shape index (κ3) is 7.21. The van der Waals surface area contributed by atoms with E-state index in [-0.39, 0.29) is 11.7 Å². The highest BCUT2D eigenvalue weighted by Crippen LogP contribution is 2.35. The maximum Gasteiger partial charge on any atom is 0.242 e. The summed E-state index contributed by atoms with van der Waals surface area (Å²) in [7, 11) is 1.62. The van der Waals surface area contributed by atoms with Gasteiger partial charge in [0, 0.05) is 18.8 Å². The second kappa shape index (κ2) is 13.1. The molecule has 0 heterocycles. The zero-order valence-corrected chi connectivity index (χ0v) is 22.7. The van der Waals surface area contributed by atoms with Gasteiger partial charge in [-0.1, -0.05) is 109 Å². The molecular weight excluding hydrogens is 496 g/mol. The van der Waals surface area contributed by atoms with Crippen LogP contribution in [0.5, 0.6) is 5.75 Å². The van der Waals surface area contributed by atoms with Crippen LogP contribution in [0.15, 0.2) is 109 Å². The van der Waals surface area contributed by atoms with Gasteiger partial charge in [0.1, 0.15) is 10.1 Å². The van der Waals surface area contributed by atoms with Crippen molar-refractivity contribution < 1.29 is 9.53 Å². The molecule has 0 N–H and O–H groups in total. The molecule has 4 aromatic carbocycles. The van der Waals surface area contributed by atoms with E-state index < -0.39 is 0 Å². The minimum atomic E-state index is -0.0678. The van der Waals surface area contributed by atoms with Gasteiger partial charge in [0.25, 0.3) is 0 Å². The van der Waals surface area contributed by atoms with Crippen LogP contribution in [0.3, 0.4) is 0 Å². The predicted octanol–water partition coefficient (Wildman–Crippen LogP) is 7.39. The van der Waals surface area contributed by atoms with Crippen molar-refractivity contribution in [3.05, 3.63) is 126 Å². The summed E-state index contributed by atoms with van der Waals surface area (Å²) in [5.41, 5.74) is 4.89. The normalized spacial score (nSPS) is 10.5. The van der Waals surface area contributed by atoms with Gasteiger partial charge in [-0.05, 0) is 47.9 Å². The molecule has 0 atom stereocenters. The summed E-state index contributed by atoms with van der Waals surface area (Å²) in [5, 5.41) is 0. The minimum absolute atomic E-state index is 0.0678. The molecule has 0 aliphatic heterocycles. The molecule has 4 nitrogen and oxygen atoms in total. The number of carbonyl (C=O) groups is 1. The van der Waals surface area contributed by atoms with Gasteiger partial charge in [-0.3, -0.25) is 9.69 Å². The Hall–Kier alpha value is -3.61. The Bertz CT molecular complexity index is 1270. The molecule has 0 aliphatic rings. The summed E-state index contributed by atoms with van der Waals surface area (Å²) in [6.07, 6.45) is 0. The lowest BCUT2D eigenvalue weighted by Gasteiger charge is -2.27. The van der Waals surface area contributed by atoms with E-state index in [4.69, 9.17) is 17.0 Å². The van der Waals surface area contributed by atoms with Gasteiger partial charge in [0.15, 0.2) is 0 Å². The molecule has 1 amide bonds. The van der Waals surface area contributed by atoms with Crippen molar-refractivity contribution in [1.29, 1.82) is 0 Å². The number of methoxy groups -OCH3 is 1. The van der Waals surface area contributed by atoms with Crippen molar-refractivity contribution in [3.63, 3.8) is 0 Å². The molecule has 0 fully saturated rings. The molecule has 4 rings (SSSR count). The maximum atomic E-state index is 13.7. The quantitative estimate of drug-likeness (QED) is 0.212. The number of nitrogens with zero attached hydrogens (tertiary/aromatic N) is 2. The maximum absolute atomic E-state index is 13.7. The Balaban J connectivity index is 1.55. The number of hydrogen-bond donors (Lipinski definition) is 0. The number of para-hydroxylation sites is 1. The van der Waals surface area contributed by atoms with Crippen LogP contribution < -0.4 is 9.64 Å². The summed E-state index contributed by atoms with van der Waals surface area (Å²) in [6, 6.07) is 36.0. The van der Waals surface area contributed by atoms with Crippen LogP contribution in [-0.2, 0) is 17.9 Å². The van der Waals surface area contributed by atoms with Crippen LogP contribution in [0.25, 0.3) is 0 Å². The van der Waals surface area contributed by atoms with Crippen molar-refractivity contribution in [1.82, 2.24) is 4.90 Å². The SMILES string of the molecule is COc1ccc(C)cc1N(C(=O)CSC(=S)N(Cc1ccccc1)Cc1ccccc1)c1ccccc1. The van der Waals surface area contributed by atoms with E-state index in [1.165, 1.54) is 22.9 Å². The van der Waals surface area contributed by atoms with Crippen LogP contribution >= 0.6 is 24.0 Å². The largest absolute Gasteiger partial charge is 0.495 e. The lowest BCUT2D eigenvalue weighted by atomic mass is 10.1. The number of hydrogen-bond acceptors (Lipinski definition) is 4. The van der Waals surface area contributed by atoms with Crippen molar-refractivity contribution in [2.75, 3.05) is 17.8 Å². The summed E-state index contributed by atoms with van der Waals surface area (Å²) in [4.78, 5) is 17.6. The summed E-state index contributed by atoms with van der Waals surface area (Å²) in [6.45, 7) is 3.35. The van der Waals surface area contributed by atoms with E-state index in [1.807, 2.05) is 91.9 Å². The third-order valence-corrected chi connectivity index (χ3v) is 7.36. The van der Waals surface area contributed by atoms with Crippen molar-refractivity contribution in [3.8, 4) is 5.75 Å². The highest BCUT2D eigenvalue weighted by Gasteiger charge is 2.23. The van der Waals surface area contributed by atoms with Crippen LogP contribution in [0.4, 0.5) is 11.4 Å². The second-order valence-electron chi connectivity index (χ2n) is 8.62. The van der Waals surface area contributed by atoms with Crippen molar-refractivity contribution in [2.45, 2.75) is 20.0 Å². The van der Waals surface area contributed by atoms with Crippen LogP contribution in [0.1, 0.15) is 16.7 Å². The van der Waals surface area contributed by atoms with E-state index in [2.05, 4.69) is 29.2 Å². The van der Waals surface area contributed by atoms with E-state index >= 15 is 0 Å². The van der Waals surface area contributed by atoms with Crippen LogP contribution in [-0.4, -0.2) is 28.0 Å². The smallest absolute Gasteiger partial charge is 0.242 e. The number of ether oxygens (including phenoxy) is 1. The summed E-state index contributed by atoms with van der Waals surface area (Å²) in [5.74, 6) is 0.775. The topological polar surface area (TPSA) is 32.8 Å². The van der Waals surface area contributed by atoms with Crippen molar-refractivity contribution >= 4 is 45.6 Å². The minimum Gasteiger partial charge on any atom is -0.495 e. The molecule has 4 aromatic rings. The van der Waals surface area contributed by atoms with Gasteiger partial charge >= 0.3 is 0 Å². The summed E-state index contributed by atoms with van der Waals surface area (Å²) < 4.78 is 6.30. The monoisotopic (exact) mass is 526 g/mol. The van der Waals surface area contributed by atoms with Gasteiger partial charge < -0.3 is 9.64 Å². The number of rotatable bonds is 9. The zero-order chi connectivity index (χ0) is 26.0. The number of thiocarbonyl (C=S) groups is 1. The predicted molar refractivity (Wildman–Crippen MR) is 159 cm³/mol. The standard InChI is InChI=1S/C31H30N2O2S2/c1-24-18-19-29(35-2)28(20-24)33(27-16-10-5-11-17-27)30(34)23-37-31(36)32(21-25-12-6-3-7-13-25)22-26-14-8-4-9-15-26/h3-20H,21-23H2,1-2H3. The van der Waals surface area contributed by atoms with Crippen LogP contribution in [0.2, 0.25) is 0 Å². The number of amides is 1. The van der Waals surface area contributed by atoms with E-state index in [0.29, 0.717) is 23.2 Å². The number of anilines is 2. The molecule has 0 spiro atoms. The molecule has 0 saturated heterocycles. The number of benzene rings is 4. The van der Waals surface area contributed by atoms with Gasteiger partial charge in [-0.15, -0.1) is 0 Å². The highest BCUT2D eigenvalue weighted by atomic mass is 32.2. The lowest BCUT2D eigenvalue weighted by Crippen LogP contribution is -2.31. The second-order valence-corrected chi connectivity index (χ2v) is 10.2. The highest BCUT2D eigenvalue weighted by molar-refractivity contribution is 8.23. The Morgan fingerprint density at radius 3 is 1.89 bits per heavy atom. The Labute approximate surface area is 228 Å². The molecular formula is C31H30N2O2S2. The number of aryl methyl sites for hydroxylation is 1. The molecule has 0 aromatic heterocycles. The van der Waals surface area contributed by atoms with Gasteiger partial charge in [0.05, 0.1) is 18.6 Å². The third-order valence-electron chi connectivity index (χ3n) is 5.85. The fraction of sp³-hybridized carbons (Fsp3) is 0.161. The molecule has 0 saturated carbocycles. The van der Waals surface area contributed by atoms with Gasteiger partial charge in [0.2, 0.25) is 5.91 Å². The molecule has 37 heavy (non-hydrogen) atoms. The first-order valence-electron chi connectivity index (χ1n) is 12.1. The van der Waals surface area contributed by atoms with Crippen LogP contribution in [0, 0.1) is 6.92 Å². The van der Waals surface area contributed by atoms with E-state index in [0.717, 1.165) is 16.9 Å². The lowest BCUT2D eigenvalue weighted by molar-refractivity contribution is -0.115. The van der Waals surface area contributed by atoms with E-state index in [9.17, 15) is 4.79 Å². The first-order chi connectivity index (χ1) is 18.0. The Morgan fingerprint density at radius 1 is 0.811 bits per heavy atom. The Kier molecular flexibility index (Phi) is 9.35. The van der Waals surface area contributed by atoms with Gasteiger partial charge in [-0.25, -0.2) is 0 Å². The molecule has 188 valence electrons. The number of thioether (sulfide) groups is 1. The van der Waals surface area contributed by atoms with Crippen molar-refractivity contribution in [2.24, 2.45) is 0 Å². The first kappa shape index (κ1) is 26.5. The first-order valence-corrected chi connectivity index (χ1v) is 13.5. The average molecular weight is 527 g/mol. The average Bonchev–Trinajstić information content (AvgIpc) is 2.93. The molecule has 0 bridgehead atoms. The molecule has 0 aliphatic carbocycles.